The van der Waals surface area contributed by atoms with Crippen LogP contribution in [0.4, 0.5) is 0 Å². The van der Waals surface area contributed by atoms with Gasteiger partial charge in [-0.2, -0.15) is 0 Å². The molecule has 2 nitrogen and oxygen atoms in total. The molecule has 0 heterocycles. The fraction of sp³-hybridized carbons (Fsp3) is 0.417. The van der Waals surface area contributed by atoms with Crippen LogP contribution in [0.2, 0.25) is 0 Å². The molecule has 0 aliphatic heterocycles. The molecule has 1 aromatic rings. The van der Waals surface area contributed by atoms with Crippen molar-refractivity contribution in [3.63, 3.8) is 0 Å². The number of ketones is 1. The van der Waals surface area contributed by atoms with Gasteiger partial charge in [-0.15, -0.1) is 0 Å². The first-order valence-corrected chi connectivity index (χ1v) is 4.91. The van der Waals surface area contributed by atoms with E-state index in [2.05, 4.69) is 0 Å². The van der Waals surface area contributed by atoms with Crippen molar-refractivity contribution in [2.75, 3.05) is 6.61 Å². The fourth-order valence-corrected chi connectivity index (χ4v) is 1.47. The number of aliphatic hydroxyl groups excluding tert-OH is 1. The summed E-state index contributed by atoms with van der Waals surface area (Å²) in [5, 5.41) is 9.03. The molecular weight excluding hydrogens is 176 g/mol. The van der Waals surface area contributed by atoms with Gasteiger partial charge in [-0.1, -0.05) is 31.2 Å². The highest BCUT2D eigenvalue weighted by Crippen LogP contribution is 2.15. The van der Waals surface area contributed by atoms with Crippen molar-refractivity contribution < 1.29 is 9.90 Å². The molecule has 0 aromatic heterocycles. The standard InChI is InChI=1S/C12H16O2/c1-3-10(8-13)12(14)11-7-5-4-6-9(11)2/h4-7,10,13H,3,8H2,1-2H3. The van der Waals surface area contributed by atoms with Crippen LogP contribution in [0.15, 0.2) is 24.3 Å². The molecule has 1 aromatic carbocycles. The predicted octanol–water partition coefficient (Wildman–Crippen LogP) is 2.20. The van der Waals surface area contributed by atoms with Gasteiger partial charge in [-0.25, -0.2) is 0 Å². The zero-order valence-corrected chi connectivity index (χ0v) is 8.66. The van der Waals surface area contributed by atoms with E-state index in [1.807, 2.05) is 38.1 Å². The van der Waals surface area contributed by atoms with Crippen LogP contribution >= 0.6 is 0 Å². The molecule has 0 spiro atoms. The van der Waals surface area contributed by atoms with Crippen molar-refractivity contribution in [3.05, 3.63) is 35.4 Å². The van der Waals surface area contributed by atoms with Crippen LogP contribution in [-0.2, 0) is 0 Å². The minimum absolute atomic E-state index is 0.0492. The maximum atomic E-state index is 11.9. The van der Waals surface area contributed by atoms with Gasteiger partial charge in [-0.05, 0) is 18.9 Å². The lowest BCUT2D eigenvalue weighted by atomic mass is 9.93. The van der Waals surface area contributed by atoms with E-state index in [9.17, 15) is 4.79 Å². The molecule has 2 heteroatoms. The van der Waals surface area contributed by atoms with Gasteiger partial charge in [0.25, 0.3) is 0 Å². The Bertz CT molecular complexity index is 314. The maximum Gasteiger partial charge on any atom is 0.168 e. The molecule has 0 amide bonds. The number of carbonyl (C=O) groups is 1. The first-order chi connectivity index (χ1) is 6.70. The summed E-state index contributed by atoms with van der Waals surface area (Å²) >= 11 is 0. The third-order valence-electron chi connectivity index (χ3n) is 2.49. The highest BCUT2D eigenvalue weighted by atomic mass is 16.3. The zero-order chi connectivity index (χ0) is 10.6. The molecule has 0 saturated heterocycles. The van der Waals surface area contributed by atoms with Crippen LogP contribution in [0.1, 0.15) is 29.3 Å². The summed E-state index contributed by atoms with van der Waals surface area (Å²) in [4.78, 5) is 11.9. The quantitative estimate of drug-likeness (QED) is 0.742. The normalized spacial score (nSPS) is 12.5. The van der Waals surface area contributed by atoms with Crippen molar-refractivity contribution in [2.45, 2.75) is 20.3 Å². The molecule has 14 heavy (non-hydrogen) atoms. The number of aliphatic hydroxyl groups is 1. The van der Waals surface area contributed by atoms with Gasteiger partial charge in [0.15, 0.2) is 5.78 Å². The second-order valence-corrected chi connectivity index (χ2v) is 3.47. The number of hydrogen-bond acceptors (Lipinski definition) is 2. The van der Waals surface area contributed by atoms with Crippen molar-refractivity contribution in [1.29, 1.82) is 0 Å². The summed E-state index contributed by atoms with van der Waals surface area (Å²) < 4.78 is 0. The maximum absolute atomic E-state index is 11.9. The highest BCUT2D eigenvalue weighted by Gasteiger charge is 2.18. The average Bonchev–Trinajstić information content (AvgIpc) is 2.20. The molecule has 1 atom stereocenters. The molecule has 76 valence electrons. The predicted molar refractivity (Wildman–Crippen MR) is 56.4 cm³/mol. The Morgan fingerprint density at radius 3 is 2.57 bits per heavy atom. The monoisotopic (exact) mass is 192 g/mol. The topological polar surface area (TPSA) is 37.3 Å². The van der Waals surface area contributed by atoms with Crippen LogP contribution in [-0.4, -0.2) is 17.5 Å². The SMILES string of the molecule is CCC(CO)C(=O)c1ccccc1C. The molecular formula is C12H16O2. The Kier molecular flexibility index (Phi) is 3.84. The molecule has 1 N–H and O–H groups in total. The lowest BCUT2D eigenvalue weighted by Gasteiger charge is -2.11. The number of carbonyl (C=O) groups excluding carboxylic acids is 1. The van der Waals surface area contributed by atoms with Gasteiger partial charge < -0.3 is 5.11 Å². The third kappa shape index (κ3) is 2.20. The lowest BCUT2D eigenvalue weighted by molar-refractivity contribution is 0.0856. The minimum atomic E-state index is -0.254. The molecule has 0 aliphatic carbocycles. The van der Waals surface area contributed by atoms with Crippen LogP contribution < -0.4 is 0 Å². The number of aryl methyl sites for hydroxylation is 1. The second kappa shape index (κ2) is 4.91. The molecule has 1 rings (SSSR count). The first kappa shape index (κ1) is 10.9. The van der Waals surface area contributed by atoms with E-state index in [0.29, 0.717) is 6.42 Å². The largest absolute Gasteiger partial charge is 0.396 e. The van der Waals surface area contributed by atoms with Gasteiger partial charge in [0.2, 0.25) is 0 Å². The molecule has 0 radical (unpaired) electrons. The minimum Gasteiger partial charge on any atom is -0.396 e. The Balaban J connectivity index is 2.94. The van der Waals surface area contributed by atoms with Gasteiger partial charge in [0.05, 0.1) is 6.61 Å². The first-order valence-electron chi connectivity index (χ1n) is 4.91. The summed E-state index contributed by atoms with van der Waals surface area (Å²) in [5.74, 6) is -0.204. The number of Topliss-reactive ketones (excluding diaryl/α,β-unsaturated/α-hetero) is 1. The molecule has 0 bridgehead atoms. The van der Waals surface area contributed by atoms with Crippen LogP contribution in [0.3, 0.4) is 0 Å². The summed E-state index contributed by atoms with van der Waals surface area (Å²) in [5.41, 5.74) is 1.71. The zero-order valence-electron chi connectivity index (χ0n) is 8.66. The Labute approximate surface area is 84.6 Å². The van der Waals surface area contributed by atoms with E-state index in [1.54, 1.807) is 0 Å². The Morgan fingerprint density at radius 1 is 1.43 bits per heavy atom. The number of benzene rings is 1. The summed E-state index contributed by atoms with van der Waals surface area (Å²) in [6, 6.07) is 7.49. The van der Waals surface area contributed by atoms with Gasteiger partial charge in [0, 0.05) is 11.5 Å². The summed E-state index contributed by atoms with van der Waals surface area (Å²) in [6.07, 6.45) is 0.684. The van der Waals surface area contributed by atoms with E-state index in [1.165, 1.54) is 0 Å². The van der Waals surface area contributed by atoms with E-state index >= 15 is 0 Å². The van der Waals surface area contributed by atoms with Gasteiger partial charge >= 0.3 is 0 Å². The summed E-state index contributed by atoms with van der Waals surface area (Å²) in [7, 11) is 0. The highest BCUT2D eigenvalue weighted by molar-refractivity contribution is 5.99. The van der Waals surface area contributed by atoms with Crippen molar-refractivity contribution in [2.24, 2.45) is 5.92 Å². The fourth-order valence-electron chi connectivity index (χ4n) is 1.47. The van der Waals surface area contributed by atoms with Crippen molar-refractivity contribution in [3.8, 4) is 0 Å². The molecule has 1 unspecified atom stereocenters. The van der Waals surface area contributed by atoms with Gasteiger partial charge in [-0.3, -0.25) is 4.79 Å². The molecule has 0 saturated carbocycles. The smallest absolute Gasteiger partial charge is 0.168 e. The van der Waals surface area contributed by atoms with Gasteiger partial charge in [0.1, 0.15) is 0 Å². The van der Waals surface area contributed by atoms with E-state index < -0.39 is 0 Å². The second-order valence-electron chi connectivity index (χ2n) is 3.47. The Morgan fingerprint density at radius 2 is 2.07 bits per heavy atom. The average molecular weight is 192 g/mol. The van der Waals surface area contributed by atoms with E-state index in [0.717, 1.165) is 11.1 Å². The Hall–Kier alpha value is -1.15. The van der Waals surface area contributed by atoms with E-state index in [-0.39, 0.29) is 18.3 Å². The van der Waals surface area contributed by atoms with Crippen LogP contribution in [0.25, 0.3) is 0 Å². The molecule has 0 aliphatic rings. The third-order valence-corrected chi connectivity index (χ3v) is 2.49. The lowest BCUT2D eigenvalue weighted by Crippen LogP contribution is -2.18. The molecule has 0 fully saturated rings. The number of rotatable bonds is 4. The van der Waals surface area contributed by atoms with E-state index in [4.69, 9.17) is 5.11 Å². The summed E-state index contributed by atoms with van der Waals surface area (Å²) in [6.45, 7) is 3.76. The van der Waals surface area contributed by atoms with Crippen LogP contribution in [0, 0.1) is 12.8 Å². The van der Waals surface area contributed by atoms with Crippen molar-refractivity contribution >= 4 is 5.78 Å². The van der Waals surface area contributed by atoms with Crippen LogP contribution in [0.5, 0.6) is 0 Å². The number of hydrogen-bond donors (Lipinski definition) is 1. The van der Waals surface area contributed by atoms with Crippen molar-refractivity contribution in [1.82, 2.24) is 0 Å².